The standard InChI is InChI=1S/C14H15N3O4/c1-20-14-10(3-2-6-16-14)9-21-13-5-4-12(17(18)19)7-11(13)8-15/h2-7H,8-9,15H2,1H3. The van der Waals surface area contributed by atoms with Gasteiger partial charge >= 0.3 is 0 Å². The maximum Gasteiger partial charge on any atom is 0.270 e. The summed E-state index contributed by atoms with van der Waals surface area (Å²) in [6.45, 7) is 0.392. The van der Waals surface area contributed by atoms with Crippen LogP contribution in [0.5, 0.6) is 11.6 Å². The summed E-state index contributed by atoms with van der Waals surface area (Å²) in [5, 5.41) is 10.7. The van der Waals surface area contributed by atoms with E-state index < -0.39 is 4.92 Å². The number of ether oxygens (including phenoxy) is 2. The second-order valence-corrected chi connectivity index (χ2v) is 4.21. The van der Waals surface area contributed by atoms with E-state index in [0.717, 1.165) is 5.56 Å². The molecular formula is C14H15N3O4. The predicted molar refractivity (Wildman–Crippen MR) is 76.1 cm³/mol. The third kappa shape index (κ3) is 3.46. The maximum atomic E-state index is 10.7. The van der Waals surface area contributed by atoms with Crippen molar-refractivity contribution in [2.45, 2.75) is 13.2 Å². The van der Waals surface area contributed by atoms with E-state index >= 15 is 0 Å². The van der Waals surface area contributed by atoms with Crippen molar-refractivity contribution < 1.29 is 14.4 Å². The van der Waals surface area contributed by atoms with Gasteiger partial charge in [-0.25, -0.2) is 4.98 Å². The number of pyridine rings is 1. The lowest BCUT2D eigenvalue weighted by atomic mass is 10.2. The van der Waals surface area contributed by atoms with Crippen molar-refractivity contribution in [3.05, 3.63) is 57.8 Å². The molecule has 0 unspecified atom stereocenters. The van der Waals surface area contributed by atoms with E-state index in [2.05, 4.69) is 4.98 Å². The molecule has 110 valence electrons. The fourth-order valence-electron chi connectivity index (χ4n) is 1.85. The lowest BCUT2D eigenvalue weighted by molar-refractivity contribution is -0.384. The number of aromatic nitrogens is 1. The van der Waals surface area contributed by atoms with Crippen molar-refractivity contribution in [1.29, 1.82) is 0 Å². The number of rotatable bonds is 6. The van der Waals surface area contributed by atoms with E-state index in [1.165, 1.54) is 19.2 Å². The first kappa shape index (κ1) is 14.7. The van der Waals surface area contributed by atoms with Gasteiger partial charge in [0.2, 0.25) is 5.88 Å². The van der Waals surface area contributed by atoms with Crippen LogP contribution in [-0.2, 0) is 13.2 Å². The molecule has 0 fully saturated rings. The summed E-state index contributed by atoms with van der Waals surface area (Å²) in [6.07, 6.45) is 1.62. The van der Waals surface area contributed by atoms with Crippen molar-refractivity contribution in [2.75, 3.05) is 7.11 Å². The Labute approximate surface area is 121 Å². The summed E-state index contributed by atoms with van der Waals surface area (Å²) in [5.41, 5.74) is 6.95. The third-order valence-electron chi connectivity index (χ3n) is 2.90. The molecule has 0 bridgehead atoms. The zero-order chi connectivity index (χ0) is 15.2. The summed E-state index contributed by atoms with van der Waals surface area (Å²) < 4.78 is 10.8. The summed E-state index contributed by atoms with van der Waals surface area (Å²) >= 11 is 0. The van der Waals surface area contributed by atoms with Crippen molar-refractivity contribution in [1.82, 2.24) is 4.98 Å². The average Bonchev–Trinajstić information content (AvgIpc) is 2.52. The minimum absolute atomic E-state index is 0.0123. The van der Waals surface area contributed by atoms with Crippen molar-refractivity contribution in [3.8, 4) is 11.6 Å². The fraction of sp³-hybridized carbons (Fsp3) is 0.214. The van der Waals surface area contributed by atoms with Crippen LogP contribution in [0.2, 0.25) is 0 Å². The van der Waals surface area contributed by atoms with Gasteiger partial charge in [0.15, 0.2) is 0 Å². The van der Waals surface area contributed by atoms with Crippen LogP contribution in [0.25, 0.3) is 0 Å². The van der Waals surface area contributed by atoms with Crippen LogP contribution in [0.1, 0.15) is 11.1 Å². The molecule has 0 radical (unpaired) electrons. The van der Waals surface area contributed by atoms with Gasteiger partial charge in [-0.1, -0.05) is 0 Å². The third-order valence-corrected chi connectivity index (χ3v) is 2.90. The van der Waals surface area contributed by atoms with Crippen LogP contribution in [0.3, 0.4) is 0 Å². The van der Waals surface area contributed by atoms with Gasteiger partial charge < -0.3 is 15.2 Å². The zero-order valence-electron chi connectivity index (χ0n) is 11.5. The first-order valence-corrected chi connectivity index (χ1v) is 6.23. The maximum absolute atomic E-state index is 10.7. The first-order valence-electron chi connectivity index (χ1n) is 6.23. The minimum Gasteiger partial charge on any atom is -0.488 e. The molecule has 2 aromatic rings. The summed E-state index contributed by atoms with van der Waals surface area (Å²) in [4.78, 5) is 14.4. The molecule has 1 aromatic carbocycles. The lowest BCUT2D eigenvalue weighted by Gasteiger charge is -2.11. The normalized spacial score (nSPS) is 10.2. The first-order chi connectivity index (χ1) is 10.2. The smallest absolute Gasteiger partial charge is 0.270 e. The molecule has 2 N–H and O–H groups in total. The molecule has 0 amide bonds. The number of benzene rings is 1. The van der Waals surface area contributed by atoms with Gasteiger partial charge in [-0.05, 0) is 18.2 Å². The number of nitro benzene ring substituents is 1. The van der Waals surface area contributed by atoms with Gasteiger partial charge in [-0.2, -0.15) is 0 Å². The van der Waals surface area contributed by atoms with Gasteiger partial charge in [-0.15, -0.1) is 0 Å². The highest BCUT2D eigenvalue weighted by Gasteiger charge is 2.12. The van der Waals surface area contributed by atoms with Gasteiger partial charge in [0.25, 0.3) is 5.69 Å². The van der Waals surface area contributed by atoms with Crippen LogP contribution in [-0.4, -0.2) is 17.0 Å². The number of nitrogens with zero attached hydrogens (tertiary/aromatic N) is 2. The van der Waals surface area contributed by atoms with Gasteiger partial charge in [0.05, 0.1) is 17.6 Å². The quantitative estimate of drug-likeness (QED) is 0.645. The largest absolute Gasteiger partial charge is 0.488 e. The van der Waals surface area contributed by atoms with Crippen LogP contribution in [0.4, 0.5) is 5.69 Å². The number of nitrogens with two attached hydrogens (primary N) is 1. The molecule has 1 heterocycles. The predicted octanol–water partition coefficient (Wildman–Crippen LogP) is 2.04. The van der Waals surface area contributed by atoms with Crippen LogP contribution < -0.4 is 15.2 Å². The zero-order valence-corrected chi connectivity index (χ0v) is 11.5. The molecule has 21 heavy (non-hydrogen) atoms. The number of hydrogen-bond acceptors (Lipinski definition) is 6. The Morgan fingerprint density at radius 1 is 1.33 bits per heavy atom. The van der Waals surface area contributed by atoms with E-state index in [1.54, 1.807) is 18.3 Å². The lowest BCUT2D eigenvalue weighted by Crippen LogP contribution is -2.05. The molecule has 0 saturated heterocycles. The van der Waals surface area contributed by atoms with Crippen molar-refractivity contribution in [3.63, 3.8) is 0 Å². The Hall–Kier alpha value is -2.67. The molecule has 7 nitrogen and oxygen atoms in total. The van der Waals surface area contributed by atoms with Gasteiger partial charge in [0.1, 0.15) is 12.4 Å². The molecule has 0 aliphatic rings. The van der Waals surface area contributed by atoms with E-state index in [9.17, 15) is 10.1 Å². The summed E-state index contributed by atoms with van der Waals surface area (Å²) in [7, 11) is 1.53. The molecule has 0 atom stereocenters. The van der Waals surface area contributed by atoms with Crippen LogP contribution in [0, 0.1) is 10.1 Å². The molecule has 0 spiro atoms. The number of non-ortho nitro benzene ring substituents is 1. The van der Waals surface area contributed by atoms with Gasteiger partial charge in [0, 0.05) is 30.4 Å². The SMILES string of the molecule is COc1ncccc1COc1ccc([N+](=O)[O-])cc1CN. The Balaban J connectivity index is 2.18. The summed E-state index contributed by atoms with van der Waals surface area (Å²) in [6, 6.07) is 7.95. The Kier molecular flexibility index (Phi) is 4.68. The van der Waals surface area contributed by atoms with Crippen LogP contribution >= 0.6 is 0 Å². The molecule has 0 aliphatic heterocycles. The topological polar surface area (TPSA) is 101 Å². The Bertz CT molecular complexity index is 646. The Morgan fingerprint density at radius 2 is 2.14 bits per heavy atom. The second kappa shape index (κ2) is 6.67. The molecular weight excluding hydrogens is 274 g/mol. The van der Waals surface area contributed by atoms with Crippen LogP contribution in [0.15, 0.2) is 36.5 Å². The second-order valence-electron chi connectivity index (χ2n) is 4.21. The molecule has 0 saturated carbocycles. The van der Waals surface area contributed by atoms with Crippen molar-refractivity contribution >= 4 is 5.69 Å². The fourth-order valence-corrected chi connectivity index (χ4v) is 1.85. The van der Waals surface area contributed by atoms with E-state index in [0.29, 0.717) is 17.2 Å². The summed E-state index contributed by atoms with van der Waals surface area (Å²) in [5.74, 6) is 0.989. The molecule has 0 aliphatic carbocycles. The van der Waals surface area contributed by atoms with E-state index in [-0.39, 0.29) is 18.8 Å². The highest BCUT2D eigenvalue weighted by Crippen LogP contribution is 2.25. The van der Waals surface area contributed by atoms with E-state index in [4.69, 9.17) is 15.2 Å². The van der Waals surface area contributed by atoms with Gasteiger partial charge in [-0.3, -0.25) is 10.1 Å². The van der Waals surface area contributed by atoms with Crippen molar-refractivity contribution in [2.24, 2.45) is 5.73 Å². The number of nitro groups is 1. The molecule has 1 aromatic heterocycles. The number of hydrogen-bond donors (Lipinski definition) is 1. The number of methoxy groups -OCH3 is 1. The molecule has 2 rings (SSSR count). The molecule has 7 heteroatoms. The monoisotopic (exact) mass is 289 g/mol. The highest BCUT2D eigenvalue weighted by atomic mass is 16.6. The van der Waals surface area contributed by atoms with E-state index in [1.807, 2.05) is 6.07 Å². The average molecular weight is 289 g/mol. The minimum atomic E-state index is -0.465. The Morgan fingerprint density at radius 3 is 2.81 bits per heavy atom. The highest BCUT2D eigenvalue weighted by molar-refractivity contribution is 5.44.